The maximum absolute atomic E-state index is 13.7. The maximum atomic E-state index is 13.7. The summed E-state index contributed by atoms with van der Waals surface area (Å²) < 4.78 is 9.74. The van der Waals surface area contributed by atoms with E-state index in [-0.39, 0.29) is 48.8 Å². The fraction of sp³-hybridized carbons (Fsp3) is 0.346. The number of hydrogen-bond acceptors (Lipinski definition) is 8. The van der Waals surface area contributed by atoms with Crippen LogP contribution in [0.2, 0.25) is 0 Å². The molecule has 0 bridgehead atoms. The number of aromatic amines is 2. The molecule has 2 saturated heterocycles. The highest BCUT2D eigenvalue weighted by Gasteiger charge is 2.35. The van der Waals surface area contributed by atoms with Crippen molar-refractivity contribution in [2.75, 3.05) is 27.3 Å². The van der Waals surface area contributed by atoms with Gasteiger partial charge in [0.15, 0.2) is 0 Å². The molecule has 2 aromatic heterocycles. The second-order valence-electron chi connectivity index (χ2n) is 17.1. The molecule has 0 saturated carbocycles. The van der Waals surface area contributed by atoms with Crippen molar-refractivity contribution < 1.29 is 28.7 Å². The Balaban J connectivity index is 0.868. The Bertz CT molecular complexity index is 2370. The highest BCUT2D eigenvalue weighted by atomic mass is 16.5. The van der Waals surface area contributed by atoms with Crippen LogP contribution in [-0.2, 0) is 31.9 Å². The van der Waals surface area contributed by atoms with Crippen LogP contribution in [0.5, 0.6) is 0 Å². The van der Waals surface area contributed by atoms with E-state index in [2.05, 4.69) is 69.1 Å². The number of H-pyrrole nitrogens is 2. The van der Waals surface area contributed by atoms with Crippen molar-refractivity contribution in [1.29, 1.82) is 0 Å². The van der Waals surface area contributed by atoms with Crippen LogP contribution in [0.3, 0.4) is 0 Å². The van der Waals surface area contributed by atoms with Crippen LogP contribution in [0.1, 0.15) is 86.2 Å². The molecular weight excluding hydrogens is 833 g/mol. The maximum Gasteiger partial charge on any atom is 0.407 e. The Hall–Kier alpha value is -7.22. The normalized spacial score (nSPS) is 16.7. The second kappa shape index (κ2) is 21.6. The summed E-state index contributed by atoms with van der Waals surface area (Å²) in [5.74, 6) is 1.46. The van der Waals surface area contributed by atoms with Gasteiger partial charge in [0.2, 0.25) is 11.8 Å². The van der Waals surface area contributed by atoms with Crippen molar-refractivity contribution in [3.05, 3.63) is 144 Å². The summed E-state index contributed by atoms with van der Waals surface area (Å²) in [6.07, 6.45) is 8.96. The van der Waals surface area contributed by atoms with Gasteiger partial charge in [-0.1, -0.05) is 109 Å². The predicted molar refractivity (Wildman–Crippen MR) is 252 cm³/mol. The van der Waals surface area contributed by atoms with Crippen LogP contribution < -0.4 is 10.6 Å². The third kappa shape index (κ3) is 11.3. The quantitative estimate of drug-likeness (QED) is 0.0702. The van der Waals surface area contributed by atoms with Gasteiger partial charge in [-0.3, -0.25) is 9.59 Å². The average molecular weight is 891 g/mol. The monoisotopic (exact) mass is 890 g/mol. The molecule has 4 N–H and O–H groups in total. The number of hydrogen-bond donors (Lipinski definition) is 4. The number of benzene rings is 4. The Morgan fingerprint density at radius 3 is 1.33 bits per heavy atom. The lowest BCUT2D eigenvalue weighted by molar-refractivity contribution is -0.133. The Morgan fingerprint density at radius 2 is 0.955 bits per heavy atom. The van der Waals surface area contributed by atoms with Gasteiger partial charge in [0, 0.05) is 38.0 Å². The van der Waals surface area contributed by atoms with E-state index in [0.717, 1.165) is 94.9 Å². The molecule has 2 fully saturated rings. The van der Waals surface area contributed by atoms with E-state index in [9.17, 15) is 19.2 Å². The minimum Gasteiger partial charge on any atom is -0.453 e. The molecule has 8 rings (SSSR count). The fourth-order valence-electron chi connectivity index (χ4n) is 9.22. The summed E-state index contributed by atoms with van der Waals surface area (Å²) in [5, 5.41) is 5.74. The van der Waals surface area contributed by atoms with E-state index in [1.165, 1.54) is 14.2 Å². The molecule has 4 atom stereocenters. The number of alkyl carbamates (subject to hydrolysis) is 2. The first-order valence-corrected chi connectivity index (χ1v) is 22.9. The minimum atomic E-state index is -0.544. The van der Waals surface area contributed by atoms with E-state index >= 15 is 0 Å². The van der Waals surface area contributed by atoms with Gasteiger partial charge in [-0.05, 0) is 84.7 Å². The fourth-order valence-corrected chi connectivity index (χ4v) is 9.22. The molecule has 2 aliphatic heterocycles. The number of carbonyl (C=O) groups is 4. The van der Waals surface area contributed by atoms with Gasteiger partial charge >= 0.3 is 12.2 Å². The third-order valence-electron chi connectivity index (χ3n) is 12.8. The summed E-state index contributed by atoms with van der Waals surface area (Å²) in [6, 6.07) is 35.6. The van der Waals surface area contributed by atoms with Crippen LogP contribution in [0.15, 0.2) is 122 Å². The number of methoxy groups -OCH3 is 2. The molecule has 14 heteroatoms. The number of aromatic nitrogens is 4. The highest BCUT2D eigenvalue weighted by molar-refractivity contribution is 5.80. The molecule has 6 aromatic rings. The molecular formula is C52H58N8O6. The number of aryl methyl sites for hydroxylation is 2. The lowest BCUT2D eigenvalue weighted by atomic mass is 10.0. The first kappa shape index (κ1) is 45.4. The number of rotatable bonds is 17. The summed E-state index contributed by atoms with van der Waals surface area (Å²) in [4.78, 5) is 72.1. The van der Waals surface area contributed by atoms with Crippen LogP contribution in [0, 0.1) is 0 Å². The number of imidazole rings is 2. The standard InChI is InChI=1S/C52H58N8O6/c1-65-51(63)55-41(27-17-35-11-5-3-6-12-35)31-47(61)59-29-9-15-45(59)49-53-33-43(57-49)39-23-19-37(20-24-39)38-21-25-40(26-22-38)44-34-54-50(58-44)46-16-10-30-60(46)48(62)32-42(56-52(64)66-2)28-18-36-13-7-4-8-14-36/h3-8,11-14,19-26,33-34,41-42,45-46H,9-10,15-18,27-32H2,1-2H3,(H,53,57)(H,54,58)(H,55,63)(H,56,64)/t41-,42-,45+,46+/m1/s1. The van der Waals surface area contributed by atoms with Gasteiger partial charge in [0.25, 0.3) is 0 Å². The van der Waals surface area contributed by atoms with Gasteiger partial charge in [-0.2, -0.15) is 0 Å². The van der Waals surface area contributed by atoms with Crippen LogP contribution >= 0.6 is 0 Å². The van der Waals surface area contributed by atoms with Crippen molar-refractivity contribution in [3.8, 4) is 33.6 Å². The van der Waals surface area contributed by atoms with Crippen molar-refractivity contribution in [3.63, 3.8) is 0 Å². The molecule has 2 aliphatic rings. The zero-order chi connectivity index (χ0) is 45.8. The molecule has 0 aliphatic carbocycles. The van der Waals surface area contributed by atoms with Gasteiger partial charge in [0.1, 0.15) is 11.6 Å². The lowest BCUT2D eigenvalue weighted by Gasteiger charge is -2.26. The SMILES string of the molecule is COC(=O)N[C@H](CCc1ccccc1)CC(=O)N1CCC[C@H]1c1ncc(-c2ccc(-c3ccc(-c4cnc([C@@H]5CCCN5C(=O)C[C@@H](CCc5ccccc5)NC(=O)OC)[nH]4)cc3)cc2)[nH]1. The Kier molecular flexibility index (Phi) is 14.9. The topological polar surface area (TPSA) is 175 Å². The van der Waals surface area contributed by atoms with Crippen molar-refractivity contribution in [2.45, 2.75) is 88.4 Å². The summed E-state index contributed by atoms with van der Waals surface area (Å²) >= 11 is 0. The van der Waals surface area contributed by atoms with Gasteiger partial charge < -0.3 is 39.9 Å². The lowest BCUT2D eigenvalue weighted by Crippen LogP contribution is -2.41. The van der Waals surface area contributed by atoms with E-state index < -0.39 is 12.2 Å². The van der Waals surface area contributed by atoms with Crippen LogP contribution in [0.25, 0.3) is 33.6 Å². The first-order valence-electron chi connectivity index (χ1n) is 22.9. The minimum absolute atomic E-state index is 0.0211. The number of carbonyl (C=O) groups excluding carboxylic acids is 4. The number of ether oxygens (including phenoxy) is 2. The molecule has 4 heterocycles. The first-order chi connectivity index (χ1) is 32.2. The molecule has 66 heavy (non-hydrogen) atoms. The second-order valence-corrected chi connectivity index (χ2v) is 17.1. The van der Waals surface area contributed by atoms with Gasteiger partial charge in [-0.25, -0.2) is 19.6 Å². The molecule has 14 nitrogen and oxygen atoms in total. The number of nitrogens with zero attached hydrogens (tertiary/aromatic N) is 4. The number of likely N-dealkylation sites (tertiary alicyclic amines) is 2. The van der Waals surface area contributed by atoms with Crippen molar-refractivity contribution in [1.82, 2.24) is 40.4 Å². The average Bonchev–Trinajstić information content (AvgIpc) is 4.21. The molecule has 0 unspecified atom stereocenters. The van der Waals surface area contributed by atoms with Crippen molar-refractivity contribution >= 4 is 24.0 Å². The summed E-state index contributed by atoms with van der Waals surface area (Å²) in [5.41, 5.74) is 8.14. The Labute approximate surface area is 385 Å². The largest absolute Gasteiger partial charge is 0.453 e. The highest BCUT2D eigenvalue weighted by Crippen LogP contribution is 2.35. The zero-order valence-corrected chi connectivity index (χ0v) is 37.6. The van der Waals surface area contributed by atoms with Gasteiger partial charge in [0.05, 0.1) is 50.1 Å². The molecule has 342 valence electrons. The molecule has 4 aromatic carbocycles. The van der Waals surface area contributed by atoms with Crippen LogP contribution in [0.4, 0.5) is 9.59 Å². The molecule has 4 amide bonds. The predicted octanol–water partition coefficient (Wildman–Crippen LogP) is 8.96. The smallest absolute Gasteiger partial charge is 0.407 e. The van der Waals surface area contributed by atoms with E-state index in [1.54, 1.807) is 0 Å². The molecule has 0 radical (unpaired) electrons. The zero-order valence-electron chi connectivity index (χ0n) is 37.6. The van der Waals surface area contributed by atoms with E-state index in [1.807, 2.05) is 82.9 Å². The summed E-state index contributed by atoms with van der Waals surface area (Å²) in [7, 11) is 2.66. The third-order valence-corrected chi connectivity index (χ3v) is 12.8. The number of amides is 4. The summed E-state index contributed by atoms with van der Waals surface area (Å²) in [6.45, 7) is 1.27. The Morgan fingerprint density at radius 1 is 0.576 bits per heavy atom. The van der Waals surface area contributed by atoms with E-state index in [4.69, 9.17) is 19.4 Å². The van der Waals surface area contributed by atoms with E-state index in [0.29, 0.717) is 25.9 Å². The van der Waals surface area contributed by atoms with Crippen molar-refractivity contribution in [2.24, 2.45) is 0 Å². The van der Waals surface area contributed by atoms with Crippen LogP contribution in [-0.4, -0.2) is 93.1 Å². The van der Waals surface area contributed by atoms with Gasteiger partial charge in [-0.15, -0.1) is 0 Å². The molecule has 0 spiro atoms. The number of nitrogens with one attached hydrogen (secondary N) is 4.